The van der Waals surface area contributed by atoms with Gasteiger partial charge < -0.3 is 4.90 Å². The number of carbonyl (C=O) groups excluding carboxylic acids is 1. The largest absolute Gasteiger partial charge is 0.338 e. The number of hydrogen-bond acceptors (Lipinski definition) is 3. The summed E-state index contributed by atoms with van der Waals surface area (Å²) in [4.78, 5) is 13.7. The Bertz CT molecular complexity index is 352. The molecule has 0 aliphatic carbocycles. The van der Waals surface area contributed by atoms with Crippen LogP contribution in [0.5, 0.6) is 0 Å². The molecule has 5 heteroatoms. The quantitative estimate of drug-likeness (QED) is 0.798. The molecule has 1 aromatic rings. The van der Waals surface area contributed by atoms with Crippen LogP contribution in [-0.4, -0.2) is 38.9 Å². The fourth-order valence-electron chi connectivity index (χ4n) is 2.13. The second-order valence-electron chi connectivity index (χ2n) is 4.38. The highest BCUT2D eigenvalue weighted by Crippen LogP contribution is 2.21. The van der Waals surface area contributed by atoms with Crippen molar-refractivity contribution in [3.05, 3.63) is 18.5 Å². The maximum Gasteiger partial charge on any atom is 0.223 e. The molecule has 0 bridgehead atoms. The van der Waals surface area contributed by atoms with Crippen LogP contribution < -0.4 is 0 Å². The van der Waals surface area contributed by atoms with Gasteiger partial charge in [0.05, 0.1) is 6.54 Å². The van der Waals surface area contributed by atoms with E-state index >= 15 is 0 Å². The highest BCUT2D eigenvalue weighted by atomic mass is 32.1. The summed E-state index contributed by atoms with van der Waals surface area (Å²) >= 11 is 4.26. The molecule has 2 rings (SSSR count). The number of amides is 1. The summed E-state index contributed by atoms with van der Waals surface area (Å²) in [5.74, 6) is 1.45. The molecule has 1 aromatic heterocycles. The second kappa shape index (κ2) is 4.91. The number of carbonyl (C=O) groups is 1. The zero-order valence-electron chi connectivity index (χ0n) is 9.41. The summed E-state index contributed by atoms with van der Waals surface area (Å²) in [5, 5.41) is 4.16. The van der Waals surface area contributed by atoms with Gasteiger partial charge in [0.25, 0.3) is 0 Å². The molecule has 88 valence electrons. The summed E-state index contributed by atoms with van der Waals surface area (Å²) in [7, 11) is 0. The van der Waals surface area contributed by atoms with Crippen molar-refractivity contribution >= 4 is 18.5 Å². The molecule has 1 amide bonds. The van der Waals surface area contributed by atoms with Crippen LogP contribution in [0.2, 0.25) is 0 Å². The minimum Gasteiger partial charge on any atom is -0.338 e. The van der Waals surface area contributed by atoms with Crippen LogP contribution in [0.1, 0.15) is 13.3 Å². The average Bonchev–Trinajstić information content (AvgIpc) is 2.87. The van der Waals surface area contributed by atoms with Crippen LogP contribution >= 0.6 is 12.6 Å². The molecule has 16 heavy (non-hydrogen) atoms. The molecule has 1 aliphatic heterocycles. The van der Waals surface area contributed by atoms with Crippen LogP contribution in [0.15, 0.2) is 18.5 Å². The van der Waals surface area contributed by atoms with E-state index in [0.717, 1.165) is 18.8 Å². The molecule has 2 heterocycles. The average molecular weight is 239 g/mol. The third-order valence-electron chi connectivity index (χ3n) is 3.04. The highest BCUT2D eigenvalue weighted by Gasteiger charge is 2.31. The molecule has 1 aliphatic rings. The van der Waals surface area contributed by atoms with Gasteiger partial charge in [0.15, 0.2) is 0 Å². The van der Waals surface area contributed by atoms with Gasteiger partial charge in [-0.3, -0.25) is 9.48 Å². The minimum atomic E-state index is 0.206. The predicted octanol–water partition coefficient (Wildman–Crippen LogP) is 1.05. The van der Waals surface area contributed by atoms with E-state index in [1.807, 2.05) is 21.8 Å². The first-order chi connectivity index (χ1) is 7.70. The van der Waals surface area contributed by atoms with Crippen LogP contribution in [0.25, 0.3) is 0 Å². The molecule has 4 nitrogen and oxygen atoms in total. The first-order valence-corrected chi connectivity index (χ1v) is 6.21. The summed E-state index contributed by atoms with van der Waals surface area (Å²) in [6, 6.07) is 2.10. The predicted molar refractivity (Wildman–Crippen MR) is 65.4 cm³/mol. The number of nitrogens with zero attached hydrogens (tertiary/aromatic N) is 3. The Labute approximate surface area is 101 Å². The molecule has 1 fully saturated rings. The van der Waals surface area contributed by atoms with Gasteiger partial charge in [0.2, 0.25) is 5.91 Å². The number of likely N-dealkylation sites (tertiary alicyclic amines) is 1. The Kier molecular flexibility index (Phi) is 3.53. The third-order valence-corrected chi connectivity index (χ3v) is 3.56. The third kappa shape index (κ3) is 2.40. The number of thiol groups is 1. The standard InChI is InChI=1S/C11H17N3OS/c1-9(6-13-4-2-3-12-13)14-7-10(8-16)5-11(14)15/h2-4,9-10,16H,5-8H2,1H3. The Morgan fingerprint density at radius 2 is 2.50 bits per heavy atom. The molecule has 2 unspecified atom stereocenters. The van der Waals surface area contributed by atoms with Gasteiger partial charge in [-0.25, -0.2) is 0 Å². The van der Waals surface area contributed by atoms with E-state index in [2.05, 4.69) is 24.7 Å². The maximum absolute atomic E-state index is 11.8. The Hall–Kier alpha value is -0.970. The Morgan fingerprint density at radius 3 is 3.06 bits per heavy atom. The molecule has 0 saturated carbocycles. The summed E-state index contributed by atoms with van der Waals surface area (Å²) in [6.45, 7) is 3.67. The fourth-order valence-corrected chi connectivity index (χ4v) is 2.38. The minimum absolute atomic E-state index is 0.206. The van der Waals surface area contributed by atoms with Gasteiger partial charge in [-0.15, -0.1) is 0 Å². The zero-order valence-corrected chi connectivity index (χ0v) is 10.3. The van der Waals surface area contributed by atoms with Crippen molar-refractivity contribution in [1.82, 2.24) is 14.7 Å². The summed E-state index contributed by atoms with van der Waals surface area (Å²) in [5.41, 5.74) is 0. The lowest BCUT2D eigenvalue weighted by Gasteiger charge is -2.24. The van der Waals surface area contributed by atoms with Crippen LogP contribution in [0, 0.1) is 5.92 Å². The van der Waals surface area contributed by atoms with Crippen LogP contribution in [0.3, 0.4) is 0 Å². The second-order valence-corrected chi connectivity index (χ2v) is 4.74. The SMILES string of the molecule is CC(Cn1cccn1)N1CC(CS)CC1=O. The first-order valence-electron chi connectivity index (χ1n) is 5.58. The van der Waals surface area contributed by atoms with Gasteiger partial charge in [0.1, 0.15) is 0 Å². The number of rotatable bonds is 4. The molecule has 0 radical (unpaired) electrons. The van der Waals surface area contributed by atoms with Crippen molar-refractivity contribution < 1.29 is 4.79 Å². The van der Waals surface area contributed by atoms with Crippen LogP contribution in [-0.2, 0) is 11.3 Å². The summed E-state index contributed by atoms with van der Waals surface area (Å²) in [6.07, 6.45) is 4.33. The maximum atomic E-state index is 11.8. The zero-order chi connectivity index (χ0) is 11.5. The van der Waals surface area contributed by atoms with E-state index in [0.29, 0.717) is 12.3 Å². The Balaban J connectivity index is 1.95. The molecule has 0 aromatic carbocycles. The van der Waals surface area contributed by atoms with Crippen molar-refractivity contribution in [3.63, 3.8) is 0 Å². The molecular weight excluding hydrogens is 222 g/mol. The fraction of sp³-hybridized carbons (Fsp3) is 0.636. The van der Waals surface area contributed by atoms with Gasteiger partial charge in [0, 0.05) is 31.4 Å². The normalized spacial score (nSPS) is 22.8. The van der Waals surface area contributed by atoms with Crippen molar-refractivity contribution in [3.8, 4) is 0 Å². The van der Waals surface area contributed by atoms with Crippen LogP contribution in [0.4, 0.5) is 0 Å². The monoisotopic (exact) mass is 239 g/mol. The smallest absolute Gasteiger partial charge is 0.223 e. The van der Waals surface area contributed by atoms with Gasteiger partial charge in [-0.05, 0) is 24.7 Å². The number of hydrogen-bond donors (Lipinski definition) is 1. The van der Waals surface area contributed by atoms with E-state index in [-0.39, 0.29) is 11.9 Å². The lowest BCUT2D eigenvalue weighted by molar-refractivity contribution is -0.129. The first kappa shape index (κ1) is 11.5. The van der Waals surface area contributed by atoms with E-state index in [1.165, 1.54) is 0 Å². The highest BCUT2D eigenvalue weighted by molar-refractivity contribution is 7.80. The van der Waals surface area contributed by atoms with E-state index in [4.69, 9.17) is 0 Å². The van der Waals surface area contributed by atoms with Crippen molar-refractivity contribution in [2.24, 2.45) is 5.92 Å². The topological polar surface area (TPSA) is 38.1 Å². The molecule has 2 atom stereocenters. The molecule has 1 saturated heterocycles. The lowest BCUT2D eigenvalue weighted by Crippen LogP contribution is -2.37. The van der Waals surface area contributed by atoms with Gasteiger partial charge in [-0.2, -0.15) is 17.7 Å². The van der Waals surface area contributed by atoms with Gasteiger partial charge >= 0.3 is 0 Å². The van der Waals surface area contributed by atoms with Gasteiger partial charge in [-0.1, -0.05) is 0 Å². The van der Waals surface area contributed by atoms with Crippen molar-refractivity contribution in [1.29, 1.82) is 0 Å². The summed E-state index contributed by atoms with van der Waals surface area (Å²) < 4.78 is 1.87. The Morgan fingerprint density at radius 1 is 1.69 bits per heavy atom. The lowest BCUT2D eigenvalue weighted by atomic mass is 10.1. The van der Waals surface area contributed by atoms with Crippen molar-refractivity contribution in [2.75, 3.05) is 12.3 Å². The molecule has 0 spiro atoms. The van der Waals surface area contributed by atoms with E-state index in [1.54, 1.807) is 6.20 Å². The molecule has 0 N–H and O–H groups in total. The number of aromatic nitrogens is 2. The molecular formula is C11H17N3OS. The van der Waals surface area contributed by atoms with E-state index < -0.39 is 0 Å². The van der Waals surface area contributed by atoms with Crippen molar-refractivity contribution in [2.45, 2.75) is 25.9 Å². The van der Waals surface area contributed by atoms with E-state index in [9.17, 15) is 4.79 Å².